The maximum Gasteiger partial charge on any atom is 0.208 e. The maximum atomic E-state index is 11.1. The Morgan fingerprint density at radius 2 is 0.923 bits per heavy atom. The van der Waals surface area contributed by atoms with E-state index in [0.717, 1.165) is 60.5 Å². The number of phenolic OH excluding ortho intramolecular Hbond substituents is 5. The molecule has 8 aromatic carbocycles. The first kappa shape index (κ1) is 30.9. The lowest BCUT2D eigenvalue weighted by molar-refractivity contribution is 0.330. The third-order valence-electron chi connectivity index (χ3n) is 9.88. The van der Waals surface area contributed by atoms with Gasteiger partial charge in [-0.1, -0.05) is 97.1 Å². The molecule has 0 fully saturated rings. The molecule has 0 amide bonds. The van der Waals surface area contributed by atoms with Gasteiger partial charge in [-0.15, -0.1) is 0 Å². The Bertz CT molecular complexity index is 2800. The van der Waals surface area contributed by atoms with Crippen LogP contribution in [0.1, 0.15) is 5.56 Å². The molecule has 0 atom stereocenters. The molecule has 1 aromatic heterocycles. The van der Waals surface area contributed by atoms with E-state index < -0.39 is 28.7 Å². The van der Waals surface area contributed by atoms with Crippen molar-refractivity contribution in [2.24, 2.45) is 0 Å². The van der Waals surface area contributed by atoms with Crippen molar-refractivity contribution >= 4 is 43.5 Å². The highest BCUT2D eigenvalue weighted by atomic mass is 16.5. The fourth-order valence-electron chi connectivity index (χ4n) is 7.44. The average molecular weight is 683 g/mol. The largest absolute Gasteiger partial charge is 0.504 e. The van der Waals surface area contributed by atoms with E-state index in [0.29, 0.717) is 27.8 Å². The molecular weight excluding hydrogens is 652 g/mol. The molecule has 7 nitrogen and oxygen atoms in total. The van der Waals surface area contributed by atoms with Crippen molar-refractivity contribution in [3.63, 3.8) is 0 Å². The summed E-state index contributed by atoms with van der Waals surface area (Å²) in [5.74, 6) is -3.09. The Balaban J connectivity index is 1.35. The molecule has 0 aliphatic heterocycles. The van der Waals surface area contributed by atoms with Gasteiger partial charge in [0, 0.05) is 33.0 Å². The Morgan fingerprint density at radius 1 is 0.423 bits per heavy atom. The Labute approximate surface area is 297 Å². The summed E-state index contributed by atoms with van der Waals surface area (Å²) in [6, 6.07) is 43.0. The lowest BCUT2D eigenvalue weighted by Gasteiger charge is -2.22. The molecule has 0 unspecified atom stereocenters. The van der Waals surface area contributed by atoms with Crippen LogP contribution in [0.15, 0.2) is 138 Å². The summed E-state index contributed by atoms with van der Waals surface area (Å²) in [5, 5.41) is 58.4. The van der Waals surface area contributed by atoms with Crippen LogP contribution < -0.4 is 4.74 Å². The fraction of sp³-hybridized carbons (Fsp3) is 0.0222. The number of furan rings is 1. The Kier molecular flexibility index (Phi) is 6.98. The molecule has 7 heteroatoms. The summed E-state index contributed by atoms with van der Waals surface area (Å²) in [7, 11) is 0. The van der Waals surface area contributed by atoms with Gasteiger partial charge in [0.1, 0.15) is 22.7 Å². The number of para-hydroxylation sites is 2. The van der Waals surface area contributed by atoms with E-state index in [4.69, 9.17) is 9.15 Å². The number of ether oxygens (including phenoxy) is 1. The zero-order valence-corrected chi connectivity index (χ0v) is 27.8. The highest BCUT2D eigenvalue weighted by molar-refractivity contribution is 6.23. The van der Waals surface area contributed by atoms with Gasteiger partial charge in [-0.2, -0.15) is 0 Å². The van der Waals surface area contributed by atoms with E-state index in [1.807, 2.05) is 110 Å². The lowest BCUT2D eigenvalue weighted by atomic mass is 9.84. The summed E-state index contributed by atoms with van der Waals surface area (Å²) in [6.07, 6.45) is 0. The summed E-state index contributed by atoms with van der Waals surface area (Å²) in [4.78, 5) is 0. The van der Waals surface area contributed by atoms with Crippen LogP contribution in [0.4, 0.5) is 0 Å². The third kappa shape index (κ3) is 4.60. The van der Waals surface area contributed by atoms with Crippen LogP contribution in [0, 0.1) is 6.92 Å². The van der Waals surface area contributed by atoms with Gasteiger partial charge in [0.05, 0.1) is 5.56 Å². The smallest absolute Gasteiger partial charge is 0.208 e. The van der Waals surface area contributed by atoms with Crippen molar-refractivity contribution < 1.29 is 34.7 Å². The van der Waals surface area contributed by atoms with Crippen molar-refractivity contribution in [2.75, 3.05) is 0 Å². The van der Waals surface area contributed by atoms with Crippen LogP contribution in [-0.4, -0.2) is 25.5 Å². The second-order valence-electron chi connectivity index (χ2n) is 12.8. The molecule has 0 spiro atoms. The van der Waals surface area contributed by atoms with E-state index in [1.54, 1.807) is 0 Å². The van der Waals surface area contributed by atoms with E-state index in [2.05, 4.69) is 30.3 Å². The third-order valence-corrected chi connectivity index (χ3v) is 9.88. The summed E-state index contributed by atoms with van der Waals surface area (Å²) in [5.41, 5.74) is 6.36. The van der Waals surface area contributed by atoms with Crippen LogP contribution in [-0.2, 0) is 0 Å². The van der Waals surface area contributed by atoms with Crippen molar-refractivity contribution in [2.45, 2.75) is 6.92 Å². The second-order valence-corrected chi connectivity index (χ2v) is 12.8. The van der Waals surface area contributed by atoms with Gasteiger partial charge >= 0.3 is 0 Å². The monoisotopic (exact) mass is 682 g/mol. The fourth-order valence-corrected chi connectivity index (χ4v) is 7.44. The first-order chi connectivity index (χ1) is 25.3. The molecular formula is C45H30O7. The minimum absolute atomic E-state index is 0.207. The number of hydrogen-bond acceptors (Lipinski definition) is 7. The number of aromatic hydroxyl groups is 5. The van der Waals surface area contributed by atoms with Crippen LogP contribution in [0.3, 0.4) is 0 Å². The molecule has 0 radical (unpaired) electrons. The number of rotatable bonds is 5. The van der Waals surface area contributed by atoms with Crippen molar-refractivity contribution in [1.82, 2.24) is 0 Å². The zero-order valence-electron chi connectivity index (χ0n) is 27.8. The van der Waals surface area contributed by atoms with Crippen molar-refractivity contribution in [3.05, 3.63) is 139 Å². The van der Waals surface area contributed by atoms with E-state index in [-0.39, 0.29) is 5.56 Å². The van der Waals surface area contributed by atoms with Crippen LogP contribution in [0.5, 0.6) is 40.2 Å². The van der Waals surface area contributed by atoms with Gasteiger partial charge < -0.3 is 34.7 Å². The van der Waals surface area contributed by atoms with E-state index in [1.165, 1.54) is 0 Å². The molecule has 9 rings (SSSR count). The predicted octanol–water partition coefficient (Wildman–Crippen LogP) is 11.5. The molecule has 0 bridgehead atoms. The molecule has 0 aliphatic carbocycles. The standard InChI is InChI=1S/C45H30O7/c1-24-27(25-19-22-36-34(23-25)28-13-9-10-18-35(28)52-36)20-21-33(45(24)51-26-11-3-2-4-12-26)37-29-14-5-7-16-31(29)38(32-17-8-6-15-30(32)37)39-40(46)42(48)44(50)43(49)41(39)47/h2-23,46-50H,1H3. The topological polar surface area (TPSA) is 124 Å². The normalized spacial score (nSPS) is 11.6. The number of phenols is 5. The SMILES string of the molecule is Cc1c(-c2ccc3oc4ccccc4c3c2)ccc(-c2c3ccccc3c(-c3c(O)c(O)c(O)c(O)c3O)c3ccccc23)c1Oc1ccccc1. The number of benzene rings is 8. The van der Waals surface area contributed by atoms with Gasteiger partial charge in [-0.3, -0.25) is 0 Å². The van der Waals surface area contributed by atoms with Gasteiger partial charge in [0.15, 0.2) is 11.5 Å². The molecule has 0 saturated carbocycles. The Morgan fingerprint density at radius 3 is 1.56 bits per heavy atom. The molecule has 52 heavy (non-hydrogen) atoms. The van der Waals surface area contributed by atoms with Crippen molar-refractivity contribution in [1.29, 1.82) is 0 Å². The molecule has 252 valence electrons. The van der Waals surface area contributed by atoms with Crippen molar-refractivity contribution in [3.8, 4) is 73.6 Å². The minimum atomic E-state index is -1.01. The number of fused-ring (bicyclic) bond motifs is 5. The van der Waals surface area contributed by atoms with E-state index in [9.17, 15) is 25.5 Å². The molecule has 0 aliphatic rings. The highest BCUT2D eigenvalue weighted by Crippen LogP contribution is 2.58. The summed E-state index contributed by atoms with van der Waals surface area (Å²) < 4.78 is 12.9. The Hall–Kier alpha value is -7.12. The van der Waals surface area contributed by atoms with Gasteiger partial charge in [0.25, 0.3) is 0 Å². The van der Waals surface area contributed by atoms with Crippen LogP contribution in [0.25, 0.3) is 76.9 Å². The average Bonchev–Trinajstić information content (AvgIpc) is 3.55. The predicted molar refractivity (Wildman–Crippen MR) is 205 cm³/mol. The quantitative estimate of drug-likeness (QED) is 0.0695. The van der Waals surface area contributed by atoms with Gasteiger partial charge in [-0.05, 0) is 76.0 Å². The maximum absolute atomic E-state index is 11.1. The molecule has 5 N–H and O–H groups in total. The lowest BCUT2D eigenvalue weighted by Crippen LogP contribution is -1.97. The molecule has 0 saturated heterocycles. The first-order valence-electron chi connectivity index (χ1n) is 16.7. The minimum Gasteiger partial charge on any atom is -0.504 e. The second kappa shape index (κ2) is 11.7. The van der Waals surface area contributed by atoms with Crippen LogP contribution in [0.2, 0.25) is 0 Å². The summed E-state index contributed by atoms with van der Waals surface area (Å²) >= 11 is 0. The molecule has 1 heterocycles. The first-order valence-corrected chi connectivity index (χ1v) is 16.7. The highest BCUT2D eigenvalue weighted by Gasteiger charge is 2.29. The molecule has 9 aromatic rings. The van der Waals surface area contributed by atoms with Crippen LogP contribution >= 0.6 is 0 Å². The summed E-state index contributed by atoms with van der Waals surface area (Å²) in [6.45, 7) is 2.05. The van der Waals surface area contributed by atoms with Gasteiger partial charge in [-0.25, -0.2) is 0 Å². The van der Waals surface area contributed by atoms with E-state index >= 15 is 0 Å². The van der Waals surface area contributed by atoms with Gasteiger partial charge in [0.2, 0.25) is 17.2 Å². The number of hydrogen-bond donors (Lipinski definition) is 5. The zero-order chi connectivity index (χ0) is 35.7.